The fraction of sp³-hybridized carbons (Fsp3) is 0.533. The number of ether oxygens (including phenoxy) is 1. The van der Waals surface area contributed by atoms with Gasteiger partial charge in [-0.15, -0.1) is 0 Å². The third-order valence-corrected chi connectivity index (χ3v) is 3.96. The zero-order valence-electron chi connectivity index (χ0n) is 11.2. The molecule has 18 heavy (non-hydrogen) atoms. The van der Waals surface area contributed by atoms with Crippen LogP contribution in [0.3, 0.4) is 0 Å². The first-order valence-electron chi connectivity index (χ1n) is 6.51. The molecule has 1 aliphatic rings. The summed E-state index contributed by atoms with van der Waals surface area (Å²) in [4.78, 5) is 11.5. The van der Waals surface area contributed by atoms with Gasteiger partial charge in [0, 0.05) is 24.8 Å². The maximum absolute atomic E-state index is 11.5. The largest absolute Gasteiger partial charge is 0.497 e. The topological polar surface area (TPSA) is 38.3 Å². The molecule has 0 atom stereocenters. The quantitative estimate of drug-likeness (QED) is 0.887. The summed E-state index contributed by atoms with van der Waals surface area (Å²) in [7, 11) is 3.66. The van der Waals surface area contributed by atoms with Gasteiger partial charge in [-0.1, -0.05) is 12.1 Å². The molecule has 1 fully saturated rings. The molecular weight excluding hydrogens is 226 g/mol. The van der Waals surface area contributed by atoms with E-state index < -0.39 is 0 Å². The number of carbonyl (C=O) groups is 1. The molecule has 1 saturated carbocycles. The van der Waals surface area contributed by atoms with Crippen molar-refractivity contribution in [3.05, 3.63) is 29.8 Å². The molecule has 0 spiro atoms. The van der Waals surface area contributed by atoms with Crippen LogP contribution in [0.4, 0.5) is 0 Å². The summed E-state index contributed by atoms with van der Waals surface area (Å²) in [6.07, 6.45) is 3.25. The average Bonchev–Trinajstić information content (AvgIpc) is 2.42. The number of rotatable bonds is 4. The summed E-state index contributed by atoms with van der Waals surface area (Å²) in [5, 5.41) is 3.28. The first-order chi connectivity index (χ1) is 8.70. The van der Waals surface area contributed by atoms with Crippen molar-refractivity contribution in [3.63, 3.8) is 0 Å². The predicted molar refractivity (Wildman–Crippen MR) is 72.1 cm³/mol. The summed E-state index contributed by atoms with van der Waals surface area (Å²) in [5.74, 6) is 1.28. The molecule has 0 amide bonds. The molecule has 1 aromatic rings. The third kappa shape index (κ3) is 2.56. The Balaban J connectivity index is 2.31. The van der Waals surface area contributed by atoms with Crippen LogP contribution < -0.4 is 10.1 Å². The number of methoxy groups -OCH3 is 1. The Labute approximate surface area is 109 Å². The Kier molecular flexibility index (Phi) is 4.02. The number of Topliss-reactive ketones (excluding diaryl/α,β-unsaturated/α-hetero) is 1. The molecule has 1 aromatic carbocycles. The lowest BCUT2D eigenvalue weighted by molar-refractivity contribution is -0.121. The van der Waals surface area contributed by atoms with E-state index in [1.807, 2.05) is 19.2 Å². The lowest BCUT2D eigenvalue weighted by Gasteiger charge is -2.37. The minimum Gasteiger partial charge on any atom is -0.497 e. The van der Waals surface area contributed by atoms with Gasteiger partial charge >= 0.3 is 0 Å². The van der Waals surface area contributed by atoms with Crippen LogP contribution in [-0.2, 0) is 10.2 Å². The van der Waals surface area contributed by atoms with Gasteiger partial charge in [0.05, 0.1) is 7.11 Å². The summed E-state index contributed by atoms with van der Waals surface area (Å²) in [5.41, 5.74) is 1.36. The van der Waals surface area contributed by atoms with Crippen molar-refractivity contribution >= 4 is 5.78 Å². The molecular formula is C15H21NO2. The number of ketones is 1. The average molecular weight is 247 g/mol. The van der Waals surface area contributed by atoms with Gasteiger partial charge in [-0.2, -0.15) is 0 Å². The summed E-state index contributed by atoms with van der Waals surface area (Å²) in [6.45, 7) is 0.910. The highest BCUT2D eigenvalue weighted by Gasteiger charge is 2.35. The van der Waals surface area contributed by atoms with Gasteiger partial charge in [0.1, 0.15) is 11.5 Å². The Morgan fingerprint density at radius 1 is 1.33 bits per heavy atom. The number of carbonyl (C=O) groups excluding carboxylic acids is 1. The second-order valence-corrected chi connectivity index (χ2v) is 5.08. The Bertz CT molecular complexity index is 418. The minimum atomic E-state index is 0.0806. The lowest BCUT2D eigenvalue weighted by atomic mass is 9.69. The van der Waals surface area contributed by atoms with Crippen LogP contribution in [0, 0.1) is 0 Å². The fourth-order valence-electron chi connectivity index (χ4n) is 2.87. The van der Waals surface area contributed by atoms with Crippen LogP contribution in [0.5, 0.6) is 5.75 Å². The number of hydrogen-bond acceptors (Lipinski definition) is 3. The van der Waals surface area contributed by atoms with Crippen molar-refractivity contribution in [1.82, 2.24) is 5.32 Å². The van der Waals surface area contributed by atoms with Crippen LogP contribution in [-0.4, -0.2) is 26.5 Å². The Morgan fingerprint density at radius 3 is 2.67 bits per heavy atom. The molecule has 0 aliphatic heterocycles. The molecule has 1 aliphatic carbocycles. The molecule has 0 bridgehead atoms. The van der Waals surface area contributed by atoms with Gasteiger partial charge in [0.2, 0.25) is 0 Å². The predicted octanol–water partition coefficient (Wildman–Crippen LogP) is 2.30. The first kappa shape index (κ1) is 13.1. The molecule has 3 heteroatoms. The zero-order valence-corrected chi connectivity index (χ0v) is 11.2. The van der Waals surface area contributed by atoms with E-state index in [1.54, 1.807) is 7.11 Å². The molecule has 0 aromatic heterocycles. The van der Waals surface area contributed by atoms with Crippen molar-refractivity contribution in [3.8, 4) is 5.75 Å². The monoisotopic (exact) mass is 247 g/mol. The summed E-state index contributed by atoms with van der Waals surface area (Å²) < 4.78 is 5.30. The van der Waals surface area contributed by atoms with Crippen LogP contribution in [0.15, 0.2) is 24.3 Å². The molecule has 0 saturated heterocycles. The highest BCUT2D eigenvalue weighted by atomic mass is 16.5. The van der Waals surface area contributed by atoms with Crippen molar-refractivity contribution in [1.29, 1.82) is 0 Å². The molecule has 0 unspecified atom stereocenters. The number of nitrogens with one attached hydrogen (secondary N) is 1. The van der Waals surface area contributed by atoms with Gasteiger partial charge in [0.25, 0.3) is 0 Å². The van der Waals surface area contributed by atoms with Crippen LogP contribution in [0.2, 0.25) is 0 Å². The normalized spacial score (nSPS) is 18.7. The molecule has 0 heterocycles. The number of hydrogen-bond donors (Lipinski definition) is 1. The van der Waals surface area contributed by atoms with E-state index in [9.17, 15) is 4.79 Å². The summed E-state index contributed by atoms with van der Waals surface area (Å²) >= 11 is 0. The molecule has 1 N–H and O–H groups in total. The maximum atomic E-state index is 11.5. The van der Waals surface area contributed by atoms with E-state index in [4.69, 9.17) is 4.74 Å². The Morgan fingerprint density at radius 2 is 2.06 bits per heavy atom. The SMILES string of the molecule is CNCC1(c2cccc(OC)c2)CCC(=O)CC1. The van der Waals surface area contributed by atoms with E-state index in [-0.39, 0.29) is 5.41 Å². The van der Waals surface area contributed by atoms with E-state index in [1.165, 1.54) is 5.56 Å². The second-order valence-electron chi connectivity index (χ2n) is 5.08. The molecule has 3 nitrogen and oxygen atoms in total. The molecule has 0 radical (unpaired) electrons. The van der Waals surface area contributed by atoms with Gasteiger partial charge in [0.15, 0.2) is 0 Å². The van der Waals surface area contributed by atoms with Crippen LogP contribution >= 0.6 is 0 Å². The van der Waals surface area contributed by atoms with Gasteiger partial charge in [-0.3, -0.25) is 4.79 Å². The van der Waals surface area contributed by atoms with Crippen molar-refractivity contribution < 1.29 is 9.53 Å². The van der Waals surface area contributed by atoms with E-state index in [0.717, 1.165) is 25.1 Å². The third-order valence-electron chi connectivity index (χ3n) is 3.96. The highest BCUT2D eigenvalue weighted by molar-refractivity contribution is 5.79. The number of likely N-dealkylation sites (N-methyl/N-ethyl adjacent to an activating group) is 1. The van der Waals surface area contributed by atoms with Gasteiger partial charge < -0.3 is 10.1 Å². The van der Waals surface area contributed by atoms with E-state index in [2.05, 4.69) is 17.4 Å². The molecule has 2 rings (SSSR count). The van der Waals surface area contributed by atoms with Crippen molar-refractivity contribution in [2.24, 2.45) is 0 Å². The fourth-order valence-corrected chi connectivity index (χ4v) is 2.87. The summed E-state index contributed by atoms with van der Waals surface area (Å²) in [6, 6.07) is 8.25. The van der Waals surface area contributed by atoms with Gasteiger partial charge in [-0.25, -0.2) is 0 Å². The first-order valence-corrected chi connectivity index (χ1v) is 6.51. The lowest BCUT2D eigenvalue weighted by Crippen LogP contribution is -2.40. The van der Waals surface area contributed by atoms with Gasteiger partial charge in [-0.05, 0) is 37.6 Å². The number of benzene rings is 1. The zero-order chi connectivity index (χ0) is 13.0. The van der Waals surface area contributed by atoms with Crippen molar-refractivity contribution in [2.45, 2.75) is 31.1 Å². The van der Waals surface area contributed by atoms with Crippen LogP contribution in [0.25, 0.3) is 0 Å². The van der Waals surface area contributed by atoms with E-state index in [0.29, 0.717) is 18.6 Å². The van der Waals surface area contributed by atoms with Crippen molar-refractivity contribution in [2.75, 3.05) is 20.7 Å². The Hall–Kier alpha value is -1.35. The molecule has 98 valence electrons. The van der Waals surface area contributed by atoms with E-state index >= 15 is 0 Å². The minimum absolute atomic E-state index is 0.0806. The highest BCUT2D eigenvalue weighted by Crippen LogP contribution is 2.38. The van der Waals surface area contributed by atoms with Crippen LogP contribution in [0.1, 0.15) is 31.2 Å². The second kappa shape index (κ2) is 5.53. The standard InChI is InChI=1S/C15H21NO2/c1-16-11-15(8-6-13(17)7-9-15)12-4-3-5-14(10-12)18-2/h3-5,10,16H,6-9,11H2,1-2H3. The maximum Gasteiger partial charge on any atom is 0.132 e. The smallest absolute Gasteiger partial charge is 0.132 e.